The maximum absolute atomic E-state index is 11.8. The van der Waals surface area contributed by atoms with Crippen LogP contribution < -0.4 is 20.5 Å². The molecule has 2 rings (SSSR count). The van der Waals surface area contributed by atoms with Gasteiger partial charge in [-0.3, -0.25) is 5.41 Å². The van der Waals surface area contributed by atoms with Crippen molar-refractivity contribution in [2.24, 2.45) is 5.73 Å². The number of aliphatic carboxylic acids is 1. The van der Waals surface area contributed by atoms with Gasteiger partial charge in [0.2, 0.25) is 0 Å². The average Bonchev–Trinajstić information content (AvgIpc) is 2.67. The number of amidine groups is 1. The summed E-state index contributed by atoms with van der Waals surface area (Å²) in [5, 5.41) is 29.2. The van der Waals surface area contributed by atoms with E-state index in [1.807, 2.05) is 6.92 Å². The zero-order valence-electron chi connectivity index (χ0n) is 16.2. The number of nitrogens with two attached hydrogens (primary N) is 1. The van der Waals surface area contributed by atoms with E-state index in [2.05, 4.69) is 5.32 Å². The molecule has 29 heavy (non-hydrogen) atoms. The molecule has 6 N–H and O–H groups in total. The number of halogens is 1. The Bertz CT molecular complexity index is 829. The fourth-order valence-corrected chi connectivity index (χ4v) is 2.52. The van der Waals surface area contributed by atoms with Crippen molar-refractivity contribution in [3.8, 4) is 11.5 Å². The zero-order chi connectivity index (χ0) is 20.7. The molecule has 0 fully saturated rings. The van der Waals surface area contributed by atoms with Crippen LogP contribution in [0.15, 0.2) is 42.5 Å². The molecule has 1 unspecified atom stereocenters. The van der Waals surface area contributed by atoms with Crippen molar-refractivity contribution in [3.63, 3.8) is 0 Å². The number of hydrogen-bond acceptors (Lipinski definition) is 6. The van der Waals surface area contributed by atoms with Crippen LogP contribution in [0.1, 0.15) is 31.0 Å². The molecular weight excluding hydrogens is 398 g/mol. The Morgan fingerprint density at radius 1 is 1.21 bits per heavy atom. The van der Waals surface area contributed by atoms with Crippen LogP contribution >= 0.6 is 12.4 Å². The highest BCUT2D eigenvalue weighted by atomic mass is 35.5. The molecule has 0 aliphatic heterocycles. The quantitative estimate of drug-likeness (QED) is 0.292. The van der Waals surface area contributed by atoms with Gasteiger partial charge in [-0.1, -0.05) is 6.07 Å². The van der Waals surface area contributed by atoms with E-state index in [-0.39, 0.29) is 24.8 Å². The lowest BCUT2D eigenvalue weighted by Crippen LogP contribution is -2.21. The number of anilines is 1. The summed E-state index contributed by atoms with van der Waals surface area (Å²) in [6.45, 7) is 3.76. The SMILES string of the molecule is CCOc1cc(C(Nc2ccc(C(=N)N)cc2)C(=O)O)ccc1O[C@H](C)CO.Cl. The molecule has 0 heterocycles. The number of hydrogen-bond donors (Lipinski definition) is 5. The van der Waals surface area contributed by atoms with E-state index in [4.69, 9.17) is 20.6 Å². The highest BCUT2D eigenvalue weighted by Gasteiger charge is 2.22. The van der Waals surface area contributed by atoms with Gasteiger partial charge in [-0.25, -0.2) is 4.79 Å². The highest BCUT2D eigenvalue weighted by molar-refractivity contribution is 5.95. The summed E-state index contributed by atoms with van der Waals surface area (Å²) in [7, 11) is 0. The van der Waals surface area contributed by atoms with Crippen molar-refractivity contribution in [2.45, 2.75) is 26.0 Å². The molecule has 2 atom stereocenters. The number of benzene rings is 2. The fourth-order valence-electron chi connectivity index (χ4n) is 2.52. The molecule has 158 valence electrons. The number of carboxylic acids is 1. The summed E-state index contributed by atoms with van der Waals surface area (Å²) in [6.07, 6.45) is -0.418. The number of nitrogens with one attached hydrogen (secondary N) is 2. The Hall–Kier alpha value is -2.97. The van der Waals surface area contributed by atoms with E-state index < -0.39 is 18.1 Å². The molecule has 8 nitrogen and oxygen atoms in total. The standard InChI is InChI=1S/C20H25N3O5.ClH/c1-3-27-17-10-14(6-9-16(17)28-12(2)11-24)18(20(25)26)23-15-7-4-13(5-8-15)19(21)22;/h4-10,12,18,23-24H,3,11H2,1-2H3,(H3,21,22)(H,25,26);1H/t12-,18?;/m1./s1. The van der Waals surface area contributed by atoms with Gasteiger partial charge in [-0.2, -0.15) is 0 Å². The number of ether oxygens (including phenoxy) is 2. The predicted octanol–water partition coefficient (Wildman–Crippen LogP) is 2.79. The van der Waals surface area contributed by atoms with Gasteiger partial charge in [0.1, 0.15) is 11.9 Å². The van der Waals surface area contributed by atoms with Crippen LogP contribution in [-0.4, -0.2) is 41.3 Å². The van der Waals surface area contributed by atoms with Crippen LogP contribution in [0, 0.1) is 5.41 Å². The van der Waals surface area contributed by atoms with Crippen molar-refractivity contribution in [1.29, 1.82) is 5.41 Å². The Morgan fingerprint density at radius 2 is 1.86 bits per heavy atom. The van der Waals surface area contributed by atoms with Gasteiger partial charge in [0.25, 0.3) is 0 Å². The van der Waals surface area contributed by atoms with Crippen LogP contribution in [0.4, 0.5) is 5.69 Å². The second-order valence-corrected chi connectivity index (χ2v) is 6.16. The van der Waals surface area contributed by atoms with Crippen LogP contribution in [0.25, 0.3) is 0 Å². The Morgan fingerprint density at radius 3 is 2.38 bits per heavy atom. The number of aliphatic hydroxyl groups excluding tert-OH is 1. The first-order chi connectivity index (χ1) is 13.3. The second kappa shape index (κ2) is 11.1. The highest BCUT2D eigenvalue weighted by Crippen LogP contribution is 2.32. The van der Waals surface area contributed by atoms with Gasteiger partial charge in [0, 0.05) is 11.3 Å². The molecule has 0 spiro atoms. The van der Waals surface area contributed by atoms with Gasteiger partial charge in [0.15, 0.2) is 17.5 Å². The number of carbonyl (C=O) groups is 1. The van der Waals surface area contributed by atoms with Gasteiger partial charge in [-0.15, -0.1) is 12.4 Å². The van der Waals surface area contributed by atoms with Gasteiger partial charge in [0.05, 0.1) is 13.2 Å². The van der Waals surface area contributed by atoms with Crippen molar-refractivity contribution < 1.29 is 24.5 Å². The molecule has 0 aliphatic carbocycles. The van der Waals surface area contributed by atoms with Crippen LogP contribution in [0.2, 0.25) is 0 Å². The van der Waals surface area contributed by atoms with Crippen molar-refractivity contribution in [2.75, 3.05) is 18.5 Å². The molecular formula is C20H26ClN3O5. The van der Waals surface area contributed by atoms with Crippen LogP contribution in [-0.2, 0) is 4.79 Å². The maximum atomic E-state index is 11.8. The van der Waals surface area contributed by atoms with Gasteiger partial charge in [-0.05, 0) is 55.8 Å². The Labute approximate surface area is 175 Å². The molecule has 0 saturated heterocycles. The normalized spacial score (nSPS) is 12.2. The molecule has 0 aliphatic rings. The number of carboxylic acid groups (broad SMARTS) is 1. The molecule has 0 bridgehead atoms. The summed E-state index contributed by atoms with van der Waals surface area (Å²) in [5.41, 5.74) is 7.04. The van der Waals surface area contributed by atoms with Crippen molar-refractivity contribution in [1.82, 2.24) is 0 Å². The van der Waals surface area contributed by atoms with E-state index in [0.29, 0.717) is 34.9 Å². The number of aliphatic hydroxyl groups is 1. The van der Waals surface area contributed by atoms with Crippen molar-refractivity contribution in [3.05, 3.63) is 53.6 Å². The van der Waals surface area contributed by atoms with E-state index in [1.54, 1.807) is 49.4 Å². The molecule has 0 aromatic heterocycles. The van der Waals surface area contributed by atoms with Crippen LogP contribution in [0.3, 0.4) is 0 Å². The van der Waals surface area contributed by atoms with E-state index >= 15 is 0 Å². The summed E-state index contributed by atoms with van der Waals surface area (Å²) in [4.78, 5) is 11.8. The molecule has 2 aromatic carbocycles. The third-order valence-electron chi connectivity index (χ3n) is 3.94. The monoisotopic (exact) mass is 423 g/mol. The summed E-state index contributed by atoms with van der Waals surface area (Å²) >= 11 is 0. The van der Waals surface area contributed by atoms with E-state index in [0.717, 1.165) is 0 Å². The topological polar surface area (TPSA) is 138 Å². The Kier molecular flexibility index (Phi) is 9.24. The minimum absolute atomic E-state index is 0. The van der Waals surface area contributed by atoms with E-state index in [9.17, 15) is 15.0 Å². The molecule has 0 radical (unpaired) electrons. The smallest absolute Gasteiger partial charge is 0.330 e. The van der Waals surface area contributed by atoms with Crippen molar-refractivity contribution >= 4 is 29.9 Å². The van der Waals surface area contributed by atoms with Gasteiger partial charge < -0.3 is 30.7 Å². The minimum Gasteiger partial charge on any atom is -0.490 e. The van der Waals surface area contributed by atoms with Crippen LogP contribution in [0.5, 0.6) is 11.5 Å². The molecule has 0 saturated carbocycles. The first kappa shape index (κ1) is 24.1. The third kappa shape index (κ3) is 6.55. The first-order valence-corrected chi connectivity index (χ1v) is 8.83. The Balaban J connectivity index is 0.00000420. The fraction of sp³-hybridized carbons (Fsp3) is 0.300. The lowest BCUT2D eigenvalue weighted by Gasteiger charge is -2.20. The maximum Gasteiger partial charge on any atom is 0.330 e. The average molecular weight is 424 g/mol. The third-order valence-corrected chi connectivity index (χ3v) is 3.94. The van der Waals surface area contributed by atoms with Gasteiger partial charge >= 0.3 is 5.97 Å². The number of nitrogen functional groups attached to an aromatic ring is 1. The molecule has 2 aromatic rings. The van der Waals surface area contributed by atoms with E-state index in [1.165, 1.54) is 0 Å². The summed E-state index contributed by atoms with van der Waals surface area (Å²) < 4.78 is 11.2. The zero-order valence-corrected chi connectivity index (χ0v) is 17.0. The summed E-state index contributed by atoms with van der Waals surface area (Å²) in [6, 6.07) is 10.5. The molecule has 0 amide bonds. The second-order valence-electron chi connectivity index (χ2n) is 6.16. The molecule has 9 heteroatoms. The number of rotatable bonds is 10. The lowest BCUT2D eigenvalue weighted by molar-refractivity contribution is -0.138. The predicted molar refractivity (Wildman–Crippen MR) is 113 cm³/mol. The lowest BCUT2D eigenvalue weighted by atomic mass is 10.1. The summed E-state index contributed by atoms with van der Waals surface area (Å²) in [5.74, 6) is -0.284. The first-order valence-electron chi connectivity index (χ1n) is 8.83. The largest absolute Gasteiger partial charge is 0.490 e. The minimum atomic E-state index is -1.06.